The standard InChI is InChI=1S/C12H12N2.2C2H6/c13-12-3-1-10(2-4-12)9-11-5-7-14-8-6-11;2*1-2/h1-8H,9,13H2;2*1-2H3. The highest BCUT2D eigenvalue weighted by Crippen LogP contribution is 2.10. The number of pyridine rings is 1. The average molecular weight is 244 g/mol. The predicted molar refractivity (Wildman–Crippen MR) is 80.6 cm³/mol. The molecule has 0 fully saturated rings. The third-order valence-corrected chi connectivity index (χ3v) is 2.14. The molecule has 1 aromatic heterocycles. The van der Waals surface area contributed by atoms with Gasteiger partial charge in [0.25, 0.3) is 0 Å². The van der Waals surface area contributed by atoms with Crippen molar-refractivity contribution < 1.29 is 0 Å². The van der Waals surface area contributed by atoms with E-state index in [9.17, 15) is 0 Å². The first kappa shape index (κ1) is 16.2. The van der Waals surface area contributed by atoms with Gasteiger partial charge in [0.05, 0.1) is 0 Å². The number of nitrogens with zero attached hydrogens (tertiary/aromatic N) is 1. The van der Waals surface area contributed by atoms with E-state index < -0.39 is 0 Å². The second-order valence-electron chi connectivity index (χ2n) is 3.27. The maximum Gasteiger partial charge on any atom is 0.0314 e. The second kappa shape index (κ2) is 10.3. The molecule has 0 spiro atoms. The van der Waals surface area contributed by atoms with Crippen LogP contribution in [0.15, 0.2) is 48.8 Å². The molecule has 18 heavy (non-hydrogen) atoms. The third-order valence-electron chi connectivity index (χ3n) is 2.14. The van der Waals surface area contributed by atoms with Crippen LogP contribution in [0.1, 0.15) is 38.8 Å². The molecular formula is C16H24N2. The predicted octanol–water partition coefficient (Wildman–Crippen LogP) is 4.31. The molecule has 0 aliphatic carbocycles. The molecule has 0 aliphatic rings. The lowest BCUT2D eigenvalue weighted by atomic mass is 10.1. The Balaban J connectivity index is 0.000000659. The Bertz CT molecular complexity index is 393. The zero-order valence-electron chi connectivity index (χ0n) is 11.9. The highest BCUT2D eigenvalue weighted by Gasteiger charge is 1.94. The van der Waals surface area contributed by atoms with Crippen molar-refractivity contribution in [2.45, 2.75) is 34.1 Å². The molecule has 0 atom stereocenters. The number of hydrogen-bond acceptors (Lipinski definition) is 2. The largest absolute Gasteiger partial charge is 0.399 e. The molecule has 0 saturated carbocycles. The van der Waals surface area contributed by atoms with Gasteiger partial charge in [0.1, 0.15) is 0 Å². The summed E-state index contributed by atoms with van der Waals surface area (Å²) in [6.45, 7) is 8.00. The van der Waals surface area contributed by atoms with E-state index in [1.807, 2.05) is 64.4 Å². The lowest BCUT2D eigenvalue weighted by Gasteiger charge is -2.01. The van der Waals surface area contributed by atoms with E-state index >= 15 is 0 Å². The number of hydrogen-bond donors (Lipinski definition) is 1. The maximum absolute atomic E-state index is 5.61. The molecule has 1 aromatic carbocycles. The average Bonchev–Trinajstić information content (AvgIpc) is 2.47. The van der Waals surface area contributed by atoms with Crippen molar-refractivity contribution >= 4 is 5.69 Å². The minimum absolute atomic E-state index is 0.809. The van der Waals surface area contributed by atoms with E-state index in [4.69, 9.17) is 5.73 Å². The van der Waals surface area contributed by atoms with Crippen LogP contribution >= 0.6 is 0 Å². The van der Waals surface area contributed by atoms with Gasteiger partial charge in [0.2, 0.25) is 0 Å². The highest BCUT2D eigenvalue weighted by molar-refractivity contribution is 5.40. The number of rotatable bonds is 2. The van der Waals surface area contributed by atoms with E-state index in [-0.39, 0.29) is 0 Å². The summed E-state index contributed by atoms with van der Waals surface area (Å²) in [6, 6.07) is 12.0. The van der Waals surface area contributed by atoms with Crippen molar-refractivity contribution in [1.29, 1.82) is 0 Å². The Morgan fingerprint density at radius 1 is 0.778 bits per heavy atom. The first-order valence-corrected chi connectivity index (χ1v) is 6.58. The summed E-state index contributed by atoms with van der Waals surface area (Å²) in [5.41, 5.74) is 8.96. The summed E-state index contributed by atoms with van der Waals surface area (Å²) < 4.78 is 0. The molecular weight excluding hydrogens is 220 g/mol. The molecule has 0 unspecified atom stereocenters. The number of nitrogens with two attached hydrogens (primary N) is 1. The van der Waals surface area contributed by atoms with Crippen molar-refractivity contribution in [3.8, 4) is 0 Å². The van der Waals surface area contributed by atoms with Gasteiger partial charge in [-0.15, -0.1) is 0 Å². The quantitative estimate of drug-likeness (QED) is 0.800. The highest BCUT2D eigenvalue weighted by atomic mass is 14.6. The van der Waals surface area contributed by atoms with E-state index in [0.717, 1.165) is 12.1 Å². The van der Waals surface area contributed by atoms with Crippen LogP contribution in [0.4, 0.5) is 5.69 Å². The van der Waals surface area contributed by atoms with Gasteiger partial charge in [-0.05, 0) is 41.8 Å². The summed E-state index contributed by atoms with van der Waals surface area (Å²) in [5.74, 6) is 0. The lowest BCUT2D eigenvalue weighted by Crippen LogP contribution is -1.89. The van der Waals surface area contributed by atoms with Gasteiger partial charge in [0, 0.05) is 18.1 Å². The Morgan fingerprint density at radius 2 is 1.22 bits per heavy atom. The summed E-state index contributed by atoms with van der Waals surface area (Å²) in [5, 5.41) is 0. The van der Waals surface area contributed by atoms with Gasteiger partial charge in [0.15, 0.2) is 0 Å². The van der Waals surface area contributed by atoms with Crippen molar-refractivity contribution in [2.24, 2.45) is 0 Å². The van der Waals surface area contributed by atoms with Gasteiger partial charge < -0.3 is 5.73 Å². The monoisotopic (exact) mass is 244 g/mol. The van der Waals surface area contributed by atoms with Crippen LogP contribution in [0, 0.1) is 0 Å². The minimum Gasteiger partial charge on any atom is -0.399 e. The van der Waals surface area contributed by atoms with Crippen molar-refractivity contribution in [3.05, 3.63) is 59.9 Å². The van der Waals surface area contributed by atoms with Crippen LogP contribution in [0.25, 0.3) is 0 Å². The molecule has 0 amide bonds. The molecule has 2 aromatic rings. The van der Waals surface area contributed by atoms with Crippen molar-refractivity contribution in [3.63, 3.8) is 0 Å². The fraction of sp³-hybridized carbons (Fsp3) is 0.312. The molecule has 1 heterocycles. The lowest BCUT2D eigenvalue weighted by molar-refractivity contribution is 1.16. The SMILES string of the molecule is CC.CC.Nc1ccc(Cc2ccncc2)cc1. The number of aromatic nitrogens is 1. The zero-order valence-corrected chi connectivity index (χ0v) is 11.9. The molecule has 0 aliphatic heterocycles. The van der Waals surface area contributed by atoms with Gasteiger partial charge in [-0.25, -0.2) is 0 Å². The van der Waals surface area contributed by atoms with Crippen molar-refractivity contribution in [2.75, 3.05) is 5.73 Å². The third kappa shape index (κ3) is 6.04. The molecule has 0 bridgehead atoms. The maximum atomic E-state index is 5.61. The smallest absolute Gasteiger partial charge is 0.0314 e. The van der Waals surface area contributed by atoms with Crippen LogP contribution in [-0.2, 0) is 6.42 Å². The van der Waals surface area contributed by atoms with E-state index in [1.54, 1.807) is 0 Å². The Hall–Kier alpha value is -1.83. The topological polar surface area (TPSA) is 38.9 Å². The molecule has 98 valence electrons. The van der Waals surface area contributed by atoms with Crippen LogP contribution in [0.3, 0.4) is 0 Å². The first-order chi connectivity index (χ1) is 8.84. The summed E-state index contributed by atoms with van der Waals surface area (Å²) in [6.07, 6.45) is 4.56. The second-order valence-corrected chi connectivity index (χ2v) is 3.27. The van der Waals surface area contributed by atoms with Crippen LogP contribution in [-0.4, -0.2) is 4.98 Å². The molecule has 0 radical (unpaired) electrons. The molecule has 2 heteroatoms. The Morgan fingerprint density at radius 3 is 1.72 bits per heavy atom. The summed E-state index contributed by atoms with van der Waals surface area (Å²) in [7, 11) is 0. The van der Waals surface area contributed by atoms with E-state index in [0.29, 0.717) is 0 Å². The molecule has 2 rings (SSSR count). The first-order valence-electron chi connectivity index (χ1n) is 6.58. The fourth-order valence-corrected chi connectivity index (χ4v) is 1.37. The van der Waals surface area contributed by atoms with Crippen LogP contribution in [0.5, 0.6) is 0 Å². The number of nitrogen functional groups attached to an aromatic ring is 1. The minimum atomic E-state index is 0.809. The zero-order chi connectivity index (χ0) is 13.8. The Labute approximate surface area is 111 Å². The number of anilines is 1. The normalized spacial score (nSPS) is 8.44. The molecule has 2 nitrogen and oxygen atoms in total. The Kier molecular flexibility index (Phi) is 9.28. The molecule has 2 N–H and O–H groups in total. The summed E-state index contributed by atoms with van der Waals surface area (Å²) in [4.78, 5) is 3.98. The summed E-state index contributed by atoms with van der Waals surface area (Å²) >= 11 is 0. The van der Waals surface area contributed by atoms with Gasteiger partial charge in [-0.2, -0.15) is 0 Å². The van der Waals surface area contributed by atoms with Gasteiger partial charge in [-0.3, -0.25) is 4.98 Å². The van der Waals surface area contributed by atoms with Gasteiger partial charge in [-0.1, -0.05) is 39.8 Å². The van der Waals surface area contributed by atoms with Crippen LogP contribution in [0.2, 0.25) is 0 Å². The van der Waals surface area contributed by atoms with Crippen molar-refractivity contribution in [1.82, 2.24) is 4.98 Å². The van der Waals surface area contributed by atoms with Crippen LogP contribution < -0.4 is 5.73 Å². The van der Waals surface area contributed by atoms with Gasteiger partial charge >= 0.3 is 0 Å². The van der Waals surface area contributed by atoms with E-state index in [1.165, 1.54) is 11.1 Å². The fourth-order valence-electron chi connectivity index (χ4n) is 1.37. The van der Waals surface area contributed by atoms with E-state index in [2.05, 4.69) is 17.1 Å². The number of benzene rings is 1. The molecule has 0 saturated heterocycles.